The van der Waals surface area contributed by atoms with Gasteiger partial charge in [-0.15, -0.1) is 0 Å². The van der Waals surface area contributed by atoms with Crippen LogP contribution in [-0.4, -0.2) is 17.9 Å². The summed E-state index contributed by atoms with van der Waals surface area (Å²) in [6.07, 6.45) is 2.98. The van der Waals surface area contributed by atoms with Crippen LogP contribution in [-0.2, 0) is 11.4 Å². The second-order valence-electron chi connectivity index (χ2n) is 6.57. The first-order chi connectivity index (χ1) is 15.4. The Bertz CT molecular complexity index is 1170. The van der Waals surface area contributed by atoms with E-state index in [4.69, 9.17) is 21.1 Å². The van der Waals surface area contributed by atoms with E-state index in [2.05, 4.69) is 21.2 Å². The average molecular weight is 518 g/mol. The van der Waals surface area contributed by atoms with Crippen LogP contribution in [0.2, 0.25) is 5.02 Å². The fourth-order valence-corrected chi connectivity index (χ4v) is 3.31. The summed E-state index contributed by atoms with van der Waals surface area (Å²) in [4.78, 5) is 22.5. The number of hydrogen-bond donors (Lipinski definition) is 1. The first kappa shape index (κ1) is 23.3. The van der Waals surface area contributed by atoms with E-state index < -0.39 is 4.92 Å². The zero-order valence-corrected chi connectivity index (χ0v) is 19.2. The highest BCUT2D eigenvalue weighted by Crippen LogP contribution is 2.30. The van der Waals surface area contributed by atoms with Crippen LogP contribution in [0.1, 0.15) is 11.1 Å². The Hall–Kier alpha value is -3.36. The fraction of sp³-hybridized carbons (Fsp3) is 0.0870. The van der Waals surface area contributed by atoms with Gasteiger partial charge in [0.1, 0.15) is 6.61 Å². The van der Waals surface area contributed by atoms with Crippen molar-refractivity contribution in [1.29, 1.82) is 0 Å². The van der Waals surface area contributed by atoms with Gasteiger partial charge >= 0.3 is 0 Å². The molecule has 1 amide bonds. The third-order valence-electron chi connectivity index (χ3n) is 4.34. The monoisotopic (exact) mass is 516 g/mol. The highest BCUT2D eigenvalue weighted by Gasteiger charge is 2.10. The molecule has 0 spiro atoms. The maximum atomic E-state index is 12.2. The average Bonchev–Trinajstić information content (AvgIpc) is 2.78. The standard InChI is InChI=1S/C23H18BrClN2O5/c1-31-22-12-15(4-10-21(22)32-14-16-2-6-17(25)7-3-16)5-11-23(28)26-20-9-8-18(27(29)30)13-19(20)24/h2-13H,14H2,1H3,(H,26,28)/b11-5+. The van der Waals surface area contributed by atoms with Crippen LogP contribution < -0.4 is 14.8 Å². The van der Waals surface area contributed by atoms with Crippen LogP contribution in [0.5, 0.6) is 11.5 Å². The molecule has 0 aliphatic rings. The van der Waals surface area contributed by atoms with Gasteiger partial charge in [0.15, 0.2) is 11.5 Å². The Morgan fingerprint density at radius 1 is 1.12 bits per heavy atom. The molecule has 0 atom stereocenters. The summed E-state index contributed by atoms with van der Waals surface area (Å²) in [6, 6.07) is 16.8. The number of hydrogen-bond acceptors (Lipinski definition) is 5. The number of carbonyl (C=O) groups excluding carboxylic acids is 1. The van der Waals surface area contributed by atoms with Gasteiger partial charge in [-0.2, -0.15) is 0 Å². The minimum Gasteiger partial charge on any atom is -0.493 e. The number of carbonyl (C=O) groups is 1. The normalized spacial score (nSPS) is 10.7. The maximum absolute atomic E-state index is 12.2. The van der Waals surface area contributed by atoms with Crippen LogP contribution in [0, 0.1) is 10.1 Å². The summed E-state index contributed by atoms with van der Waals surface area (Å²) >= 11 is 9.12. The number of rotatable bonds is 8. The largest absolute Gasteiger partial charge is 0.493 e. The molecule has 0 heterocycles. The molecule has 0 aliphatic heterocycles. The molecule has 164 valence electrons. The molecule has 0 saturated heterocycles. The van der Waals surface area contributed by atoms with Crippen molar-refractivity contribution in [2.24, 2.45) is 0 Å². The second kappa shape index (κ2) is 10.8. The Labute approximate surface area is 197 Å². The molecule has 7 nitrogen and oxygen atoms in total. The molecule has 0 radical (unpaired) electrons. The van der Waals surface area contributed by atoms with E-state index in [-0.39, 0.29) is 11.6 Å². The predicted octanol–water partition coefficient (Wildman–Crippen LogP) is 6.25. The number of nitro benzene ring substituents is 1. The van der Waals surface area contributed by atoms with E-state index in [1.54, 1.807) is 36.4 Å². The van der Waals surface area contributed by atoms with Crippen LogP contribution in [0.25, 0.3) is 6.08 Å². The molecule has 0 aliphatic carbocycles. The van der Waals surface area contributed by atoms with Crippen LogP contribution in [0.4, 0.5) is 11.4 Å². The zero-order chi connectivity index (χ0) is 23.1. The van der Waals surface area contributed by atoms with Crippen molar-refractivity contribution in [3.05, 3.63) is 97.5 Å². The first-order valence-corrected chi connectivity index (χ1v) is 10.5. The van der Waals surface area contributed by atoms with Crippen molar-refractivity contribution < 1.29 is 19.2 Å². The quantitative estimate of drug-likeness (QED) is 0.217. The molecular weight excluding hydrogens is 500 g/mol. The number of benzene rings is 3. The lowest BCUT2D eigenvalue weighted by Gasteiger charge is -2.11. The smallest absolute Gasteiger partial charge is 0.270 e. The molecule has 0 bridgehead atoms. The van der Waals surface area contributed by atoms with Crippen LogP contribution in [0.3, 0.4) is 0 Å². The topological polar surface area (TPSA) is 90.7 Å². The second-order valence-corrected chi connectivity index (χ2v) is 7.86. The maximum Gasteiger partial charge on any atom is 0.270 e. The molecule has 32 heavy (non-hydrogen) atoms. The Kier molecular flexibility index (Phi) is 7.86. The van der Waals surface area contributed by atoms with Gasteiger partial charge in [0.2, 0.25) is 5.91 Å². The molecule has 0 unspecified atom stereocenters. The molecule has 9 heteroatoms. The molecule has 0 aromatic heterocycles. The summed E-state index contributed by atoms with van der Waals surface area (Å²) in [7, 11) is 1.54. The van der Waals surface area contributed by atoms with Gasteiger partial charge in [-0.25, -0.2) is 0 Å². The summed E-state index contributed by atoms with van der Waals surface area (Å²) in [6.45, 7) is 0.356. The summed E-state index contributed by atoms with van der Waals surface area (Å²) in [5.41, 5.74) is 2.05. The number of non-ortho nitro benzene ring substituents is 1. The Morgan fingerprint density at radius 2 is 1.88 bits per heavy atom. The Morgan fingerprint density at radius 3 is 2.53 bits per heavy atom. The minimum absolute atomic E-state index is 0.0733. The lowest BCUT2D eigenvalue weighted by Crippen LogP contribution is -2.08. The van der Waals surface area contributed by atoms with E-state index >= 15 is 0 Å². The van der Waals surface area contributed by atoms with E-state index in [0.717, 1.165) is 11.1 Å². The highest BCUT2D eigenvalue weighted by atomic mass is 79.9. The zero-order valence-electron chi connectivity index (χ0n) is 16.9. The third kappa shape index (κ3) is 6.32. The van der Waals surface area contributed by atoms with Gasteiger partial charge in [0, 0.05) is 27.7 Å². The van der Waals surface area contributed by atoms with Gasteiger partial charge in [0.25, 0.3) is 5.69 Å². The predicted molar refractivity (Wildman–Crippen MR) is 127 cm³/mol. The van der Waals surface area contributed by atoms with Crippen LogP contribution >= 0.6 is 27.5 Å². The lowest BCUT2D eigenvalue weighted by molar-refractivity contribution is -0.384. The van der Waals surface area contributed by atoms with Gasteiger partial charge < -0.3 is 14.8 Å². The highest BCUT2D eigenvalue weighted by molar-refractivity contribution is 9.10. The molecule has 1 N–H and O–H groups in total. The number of anilines is 1. The van der Waals surface area contributed by atoms with Crippen molar-refractivity contribution >= 4 is 50.9 Å². The van der Waals surface area contributed by atoms with E-state index in [1.165, 1.54) is 31.4 Å². The van der Waals surface area contributed by atoms with Crippen molar-refractivity contribution in [3.63, 3.8) is 0 Å². The third-order valence-corrected chi connectivity index (χ3v) is 5.25. The minimum atomic E-state index is -0.507. The number of amides is 1. The first-order valence-electron chi connectivity index (χ1n) is 9.34. The number of methoxy groups -OCH3 is 1. The number of halogens is 2. The van der Waals surface area contributed by atoms with E-state index in [9.17, 15) is 14.9 Å². The molecule has 0 saturated carbocycles. The van der Waals surface area contributed by atoms with Crippen molar-refractivity contribution in [1.82, 2.24) is 0 Å². The van der Waals surface area contributed by atoms with Gasteiger partial charge in [0.05, 0.1) is 17.7 Å². The summed E-state index contributed by atoms with van der Waals surface area (Å²) in [5, 5.41) is 14.1. The number of nitrogens with zero attached hydrogens (tertiary/aromatic N) is 1. The van der Waals surface area contributed by atoms with E-state index in [1.807, 2.05) is 12.1 Å². The van der Waals surface area contributed by atoms with Crippen molar-refractivity contribution in [2.75, 3.05) is 12.4 Å². The van der Waals surface area contributed by atoms with Gasteiger partial charge in [-0.3, -0.25) is 14.9 Å². The summed E-state index contributed by atoms with van der Waals surface area (Å²) < 4.78 is 11.6. The molecule has 3 rings (SSSR count). The van der Waals surface area contributed by atoms with Crippen molar-refractivity contribution in [3.8, 4) is 11.5 Å². The number of nitro groups is 1. The van der Waals surface area contributed by atoms with Crippen molar-refractivity contribution in [2.45, 2.75) is 6.61 Å². The fourth-order valence-electron chi connectivity index (χ4n) is 2.71. The number of nitrogens with one attached hydrogen (secondary N) is 1. The number of ether oxygens (including phenoxy) is 2. The van der Waals surface area contributed by atoms with Gasteiger partial charge in [-0.05, 0) is 63.5 Å². The van der Waals surface area contributed by atoms with E-state index in [0.29, 0.717) is 33.3 Å². The molecule has 3 aromatic rings. The lowest BCUT2D eigenvalue weighted by atomic mass is 10.2. The Balaban J connectivity index is 1.64. The van der Waals surface area contributed by atoms with Gasteiger partial charge in [-0.1, -0.05) is 29.8 Å². The SMILES string of the molecule is COc1cc(/C=C/C(=O)Nc2ccc([N+](=O)[O-])cc2Br)ccc1OCc1ccc(Cl)cc1. The molecular formula is C23H18BrClN2O5. The summed E-state index contributed by atoms with van der Waals surface area (Å²) in [5.74, 6) is 0.708. The molecule has 3 aromatic carbocycles. The van der Waals surface area contributed by atoms with Crippen LogP contribution in [0.15, 0.2) is 71.2 Å². The molecule has 0 fully saturated rings.